The van der Waals surface area contributed by atoms with Crippen molar-refractivity contribution in [1.82, 2.24) is 9.97 Å². The van der Waals surface area contributed by atoms with Crippen LogP contribution in [-0.2, 0) is 0 Å². The predicted molar refractivity (Wildman–Crippen MR) is 78.0 cm³/mol. The topological polar surface area (TPSA) is 66.3 Å². The second-order valence-electron chi connectivity index (χ2n) is 6.55. The van der Waals surface area contributed by atoms with E-state index in [4.69, 9.17) is 5.11 Å². The van der Waals surface area contributed by atoms with E-state index in [1.165, 1.54) is 12.6 Å². The summed E-state index contributed by atoms with van der Waals surface area (Å²) < 4.78 is 0. The molecule has 5 heteroatoms. The Kier molecular flexibility index (Phi) is 4.26. The Morgan fingerprint density at radius 2 is 2.00 bits per heavy atom. The molecule has 5 nitrogen and oxygen atoms in total. The number of aromatic carboxylic acids is 1. The van der Waals surface area contributed by atoms with Crippen molar-refractivity contribution in [3.8, 4) is 0 Å². The molecular formula is C15H23N3O2. The lowest BCUT2D eigenvalue weighted by atomic mass is 9.77. The smallest absolute Gasteiger partial charge is 0.356 e. The van der Waals surface area contributed by atoms with Gasteiger partial charge >= 0.3 is 5.97 Å². The predicted octanol–water partition coefficient (Wildman–Crippen LogP) is 2.83. The van der Waals surface area contributed by atoms with Gasteiger partial charge in [-0.05, 0) is 30.6 Å². The van der Waals surface area contributed by atoms with Crippen LogP contribution in [0.15, 0.2) is 12.4 Å². The lowest BCUT2D eigenvalue weighted by molar-refractivity contribution is 0.0690. The van der Waals surface area contributed by atoms with Crippen LogP contribution >= 0.6 is 0 Å². The summed E-state index contributed by atoms with van der Waals surface area (Å²) in [6.45, 7) is 8.83. The van der Waals surface area contributed by atoms with Crippen molar-refractivity contribution in [2.75, 3.05) is 18.0 Å². The Morgan fingerprint density at radius 1 is 1.25 bits per heavy atom. The zero-order valence-corrected chi connectivity index (χ0v) is 12.5. The first-order valence-corrected chi connectivity index (χ1v) is 7.18. The number of rotatable bonds is 2. The van der Waals surface area contributed by atoms with Gasteiger partial charge in [0.05, 0.1) is 12.4 Å². The van der Waals surface area contributed by atoms with Gasteiger partial charge in [0.15, 0.2) is 5.69 Å². The van der Waals surface area contributed by atoms with Gasteiger partial charge in [0.1, 0.15) is 5.82 Å². The molecule has 1 unspecified atom stereocenters. The molecule has 0 saturated carbocycles. The maximum Gasteiger partial charge on any atom is 0.356 e. The van der Waals surface area contributed by atoms with Crippen LogP contribution < -0.4 is 4.90 Å². The first kappa shape index (κ1) is 14.8. The molecule has 0 aliphatic carbocycles. The van der Waals surface area contributed by atoms with Crippen LogP contribution in [-0.4, -0.2) is 34.1 Å². The highest BCUT2D eigenvalue weighted by Gasteiger charge is 2.27. The van der Waals surface area contributed by atoms with Crippen molar-refractivity contribution in [2.45, 2.75) is 40.0 Å². The fraction of sp³-hybridized carbons (Fsp3) is 0.667. The van der Waals surface area contributed by atoms with Crippen LogP contribution in [0.1, 0.15) is 50.5 Å². The third-order valence-electron chi connectivity index (χ3n) is 4.13. The van der Waals surface area contributed by atoms with Crippen LogP contribution in [0.4, 0.5) is 5.82 Å². The normalized spacial score (nSPS) is 20.6. The second-order valence-corrected chi connectivity index (χ2v) is 6.55. The molecule has 0 aromatic carbocycles. The van der Waals surface area contributed by atoms with Crippen LogP contribution in [0.5, 0.6) is 0 Å². The van der Waals surface area contributed by atoms with Crippen LogP contribution in [0.2, 0.25) is 0 Å². The number of nitrogens with zero attached hydrogens (tertiary/aromatic N) is 3. The summed E-state index contributed by atoms with van der Waals surface area (Å²) in [5.74, 6) is 0.469. The number of carboxylic acid groups (broad SMARTS) is 1. The quantitative estimate of drug-likeness (QED) is 0.900. The Morgan fingerprint density at radius 3 is 2.55 bits per heavy atom. The summed E-state index contributed by atoms with van der Waals surface area (Å²) in [4.78, 5) is 21.2. The number of carbonyl (C=O) groups is 1. The van der Waals surface area contributed by atoms with E-state index < -0.39 is 5.97 Å². The van der Waals surface area contributed by atoms with E-state index in [1.807, 2.05) is 0 Å². The summed E-state index contributed by atoms with van der Waals surface area (Å²) >= 11 is 0. The van der Waals surface area contributed by atoms with Crippen LogP contribution in [0.3, 0.4) is 0 Å². The lowest BCUT2D eigenvalue weighted by Crippen LogP contribution is -2.27. The van der Waals surface area contributed by atoms with E-state index in [9.17, 15) is 4.79 Å². The standard InChI is InChI=1S/C15H23N3O2/c1-15(2,3)11-5-4-7-18(8-6-11)13-10-16-12(9-17-13)14(19)20/h9-11H,4-8H2,1-3H3,(H,19,20). The fourth-order valence-electron chi connectivity index (χ4n) is 2.79. The van der Waals surface area contributed by atoms with E-state index in [-0.39, 0.29) is 5.69 Å². The highest BCUT2D eigenvalue weighted by molar-refractivity contribution is 5.84. The Bertz CT molecular complexity index is 465. The summed E-state index contributed by atoms with van der Waals surface area (Å²) in [5, 5.41) is 8.84. The minimum absolute atomic E-state index is 0.00357. The van der Waals surface area contributed by atoms with Gasteiger partial charge in [-0.2, -0.15) is 0 Å². The molecule has 110 valence electrons. The molecule has 2 rings (SSSR count). The number of hydrogen-bond donors (Lipinski definition) is 1. The minimum atomic E-state index is -1.03. The molecule has 1 aromatic heterocycles. The molecule has 0 bridgehead atoms. The molecule has 0 radical (unpaired) electrons. The molecule has 1 fully saturated rings. The molecule has 0 spiro atoms. The summed E-state index contributed by atoms with van der Waals surface area (Å²) in [6, 6.07) is 0. The summed E-state index contributed by atoms with van der Waals surface area (Å²) in [5.41, 5.74) is 0.339. The van der Waals surface area contributed by atoms with E-state index in [0.717, 1.165) is 37.7 Å². The first-order valence-electron chi connectivity index (χ1n) is 7.18. The average molecular weight is 277 g/mol. The Hall–Kier alpha value is -1.65. The Balaban J connectivity index is 2.05. The first-order chi connectivity index (χ1) is 9.38. The second kappa shape index (κ2) is 5.77. The molecule has 1 aliphatic rings. The molecule has 1 aromatic rings. The van der Waals surface area contributed by atoms with E-state index in [1.54, 1.807) is 6.20 Å². The zero-order valence-electron chi connectivity index (χ0n) is 12.5. The molecular weight excluding hydrogens is 254 g/mol. The molecule has 1 saturated heterocycles. The molecule has 1 N–H and O–H groups in total. The SMILES string of the molecule is CC(C)(C)C1CCCN(c2cnc(C(=O)O)cn2)CC1. The van der Waals surface area contributed by atoms with Gasteiger partial charge in [0, 0.05) is 13.1 Å². The lowest BCUT2D eigenvalue weighted by Gasteiger charge is -2.29. The number of aromatic nitrogens is 2. The van der Waals surface area contributed by atoms with Gasteiger partial charge in [0.25, 0.3) is 0 Å². The third kappa shape index (κ3) is 3.46. The summed E-state index contributed by atoms with van der Waals surface area (Å²) in [7, 11) is 0. The zero-order chi connectivity index (χ0) is 14.8. The van der Waals surface area contributed by atoms with Crippen molar-refractivity contribution < 1.29 is 9.90 Å². The van der Waals surface area contributed by atoms with Crippen LogP contribution in [0.25, 0.3) is 0 Å². The molecule has 1 atom stereocenters. The largest absolute Gasteiger partial charge is 0.476 e. The highest BCUT2D eigenvalue weighted by Crippen LogP contribution is 2.34. The minimum Gasteiger partial charge on any atom is -0.476 e. The highest BCUT2D eigenvalue weighted by atomic mass is 16.4. The molecule has 1 aliphatic heterocycles. The Labute approximate surface area is 120 Å². The number of hydrogen-bond acceptors (Lipinski definition) is 4. The van der Waals surface area contributed by atoms with E-state index in [2.05, 4.69) is 35.6 Å². The maximum atomic E-state index is 10.8. The van der Waals surface area contributed by atoms with Crippen molar-refractivity contribution >= 4 is 11.8 Å². The molecule has 2 heterocycles. The van der Waals surface area contributed by atoms with E-state index in [0.29, 0.717) is 5.41 Å². The van der Waals surface area contributed by atoms with E-state index >= 15 is 0 Å². The van der Waals surface area contributed by atoms with Gasteiger partial charge in [-0.1, -0.05) is 20.8 Å². The van der Waals surface area contributed by atoms with Gasteiger partial charge in [0.2, 0.25) is 0 Å². The molecule has 0 amide bonds. The monoisotopic (exact) mass is 277 g/mol. The van der Waals surface area contributed by atoms with Gasteiger partial charge < -0.3 is 10.0 Å². The summed E-state index contributed by atoms with van der Waals surface area (Å²) in [6.07, 6.45) is 6.43. The fourth-order valence-corrected chi connectivity index (χ4v) is 2.79. The van der Waals surface area contributed by atoms with Gasteiger partial charge in [-0.15, -0.1) is 0 Å². The van der Waals surface area contributed by atoms with Crippen molar-refractivity contribution in [2.24, 2.45) is 11.3 Å². The van der Waals surface area contributed by atoms with Crippen LogP contribution in [0, 0.1) is 11.3 Å². The van der Waals surface area contributed by atoms with Crippen molar-refractivity contribution in [3.05, 3.63) is 18.1 Å². The number of carboxylic acids is 1. The molecule has 20 heavy (non-hydrogen) atoms. The van der Waals surface area contributed by atoms with Crippen molar-refractivity contribution in [3.63, 3.8) is 0 Å². The average Bonchev–Trinajstić information content (AvgIpc) is 2.64. The van der Waals surface area contributed by atoms with Crippen molar-refractivity contribution in [1.29, 1.82) is 0 Å². The third-order valence-corrected chi connectivity index (χ3v) is 4.13. The van der Waals surface area contributed by atoms with Gasteiger partial charge in [-0.3, -0.25) is 0 Å². The van der Waals surface area contributed by atoms with Gasteiger partial charge in [-0.25, -0.2) is 14.8 Å². The number of anilines is 1. The maximum absolute atomic E-state index is 10.8.